The van der Waals surface area contributed by atoms with Gasteiger partial charge in [0, 0.05) is 5.69 Å². The Morgan fingerprint density at radius 3 is 2.55 bits per heavy atom. The van der Waals surface area contributed by atoms with E-state index in [1.807, 2.05) is 49.4 Å². The number of hydrogen-bond acceptors (Lipinski definition) is 8. The van der Waals surface area contributed by atoms with E-state index in [4.69, 9.17) is 14.2 Å². The van der Waals surface area contributed by atoms with Crippen LogP contribution in [0.5, 0.6) is 17.2 Å². The summed E-state index contributed by atoms with van der Waals surface area (Å²) in [4.78, 5) is 12.5. The highest BCUT2D eigenvalue weighted by atomic mass is 32.2. The van der Waals surface area contributed by atoms with E-state index in [2.05, 4.69) is 20.6 Å². The van der Waals surface area contributed by atoms with E-state index in [-0.39, 0.29) is 24.1 Å². The largest absolute Gasteiger partial charge is 0.497 e. The third kappa shape index (κ3) is 7.32. The molecule has 4 rings (SSSR count). The Labute approximate surface area is 223 Å². The highest BCUT2D eigenvalue weighted by Crippen LogP contribution is 2.27. The number of halogens is 1. The summed E-state index contributed by atoms with van der Waals surface area (Å²) in [5.74, 6) is 1.69. The molecule has 1 N–H and O–H groups in total. The van der Waals surface area contributed by atoms with Gasteiger partial charge in [0.2, 0.25) is 11.1 Å². The number of amides is 1. The Morgan fingerprint density at radius 2 is 1.82 bits per heavy atom. The van der Waals surface area contributed by atoms with Gasteiger partial charge in [0.1, 0.15) is 18.2 Å². The van der Waals surface area contributed by atoms with E-state index >= 15 is 0 Å². The van der Waals surface area contributed by atoms with E-state index in [0.717, 1.165) is 17.3 Å². The number of methoxy groups -OCH3 is 1. The Morgan fingerprint density at radius 1 is 1.05 bits per heavy atom. The zero-order chi connectivity index (χ0) is 26.7. The molecular formula is C27H26FN5O4S. The third-order valence-corrected chi connectivity index (χ3v) is 5.98. The van der Waals surface area contributed by atoms with Crippen LogP contribution >= 0.6 is 11.8 Å². The smallest absolute Gasteiger partial charge is 0.234 e. The maximum absolute atomic E-state index is 13.1. The van der Waals surface area contributed by atoms with Gasteiger partial charge in [0.25, 0.3) is 0 Å². The van der Waals surface area contributed by atoms with Crippen LogP contribution in [0.2, 0.25) is 0 Å². The van der Waals surface area contributed by atoms with Crippen molar-refractivity contribution in [1.82, 2.24) is 14.9 Å². The van der Waals surface area contributed by atoms with Crippen LogP contribution in [0.25, 0.3) is 0 Å². The molecule has 0 saturated carbocycles. The molecule has 1 amide bonds. The summed E-state index contributed by atoms with van der Waals surface area (Å²) >= 11 is 1.16. The van der Waals surface area contributed by atoms with Crippen molar-refractivity contribution in [3.05, 3.63) is 90.0 Å². The van der Waals surface area contributed by atoms with Crippen LogP contribution in [0, 0.1) is 5.82 Å². The fourth-order valence-electron chi connectivity index (χ4n) is 3.28. The second-order valence-corrected chi connectivity index (χ2v) is 8.69. The molecule has 1 aromatic heterocycles. The van der Waals surface area contributed by atoms with Crippen LogP contribution in [0.3, 0.4) is 0 Å². The molecule has 0 bridgehead atoms. The number of hydrogen-bond donors (Lipinski definition) is 1. The van der Waals surface area contributed by atoms with Crippen molar-refractivity contribution in [2.24, 2.45) is 5.10 Å². The lowest BCUT2D eigenvalue weighted by atomic mass is 10.2. The van der Waals surface area contributed by atoms with Crippen molar-refractivity contribution < 1.29 is 23.4 Å². The minimum absolute atomic E-state index is 0.0399. The summed E-state index contributed by atoms with van der Waals surface area (Å²) in [5, 5.41) is 16.1. The zero-order valence-corrected chi connectivity index (χ0v) is 21.7. The lowest BCUT2D eigenvalue weighted by molar-refractivity contribution is -0.113. The van der Waals surface area contributed by atoms with Crippen molar-refractivity contribution in [3.63, 3.8) is 0 Å². The topological polar surface area (TPSA) is 99.9 Å². The number of para-hydroxylation sites is 2. The highest BCUT2D eigenvalue weighted by Gasteiger charge is 2.16. The number of carbonyl (C=O) groups is 1. The van der Waals surface area contributed by atoms with E-state index in [9.17, 15) is 9.18 Å². The number of benzene rings is 3. The van der Waals surface area contributed by atoms with Crippen molar-refractivity contribution in [3.8, 4) is 17.2 Å². The number of nitrogens with zero attached hydrogens (tertiary/aromatic N) is 4. The van der Waals surface area contributed by atoms with Crippen LogP contribution in [-0.2, 0) is 11.4 Å². The van der Waals surface area contributed by atoms with Gasteiger partial charge in [-0.2, -0.15) is 9.78 Å². The lowest BCUT2D eigenvalue weighted by Crippen LogP contribution is -2.14. The summed E-state index contributed by atoms with van der Waals surface area (Å²) in [5.41, 5.74) is 1.30. The van der Waals surface area contributed by atoms with Crippen LogP contribution < -0.4 is 19.5 Å². The summed E-state index contributed by atoms with van der Waals surface area (Å²) in [6.07, 6.45) is 1.65. The van der Waals surface area contributed by atoms with Gasteiger partial charge in [-0.15, -0.1) is 10.2 Å². The number of anilines is 1. The Balaban J connectivity index is 1.52. The first-order valence-electron chi connectivity index (χ1n) is 11.7. The van der Waals surface area contributed by atoms with Crippen molar-refractivity contribution in [2.45, 2.75) is 18.7 Å². The fourth-order valence-corrected chi connectivity index (χ4v) is 3.99. The van der Waals surface area contributed by atoms with Crippen LogP contribution in [0.4, 0.5) is 10.1 Å². The first-order valence-corrected chi connectivity index (χ1v) is 12.7. The number of ether oxygens (including phenoxy) is 3. The minimum Gasteiger partial charge on any atom is -0.497 e. The predicted molar refractivity (Wildman–Crippen MR) is 144 cm³/mol. The van der Waals surface area contributed by atoms with Gasteiger partial charge in [0.15, 0.2) is 17.3 Å². The summed E-state index contributed by atoms with van der Waals surface area (Å²) in [7, 11) is 1.59. The van der Waals surface area contributed by atoms with Gasteiger partial charge in [-0.1, -0.05) is 36.0 Å². The highest BCUT2D eigenvalue weighted by molar-refractivity contribution is 7.99. The zero-order valence-electron chi connectivity index (χ0n) is 20.8. The second-order valence-electron chi connectivity index (χ2n) is 7.74. The number of carbonyl (C=O) groups excluding carboxylic acids is 1. The van der Waals surface area contributed by atoms with Gasteiger partial charge in [0.05, 0.1) is 25.7 Å². The summed E-state index contributed by atoms with van der Waals surface area (Å²) in [6, 6.07) is 20.3. The average molecular weight is 536 g/mol. The van der Waals surface area contributed by atoms with Crippen LogP contribution in [-0.4, -0.2) is 46.5 Å². The predicted octanol–water partition coefficient (Wildman–Crippen LogP) is 5.02. The second kappa shape index (κ2) is 13.2. The molecule has 0 saturated heterocycles. The number of aromatic nitrogens is 3. The van der Waals surface area contributed by atoms with E-state index in [1.54, 1.807) is 19.4 Å². The number of rotatable bonds is 12. The van der Waals surface area contributed by atoms with Crippen molar-refractivity contribution >= 4 is 29.6 Å². The Bertz CT molecular complexity index is 1390. The molecule has 38 heavy (non-hydrogen) atoms. The minimum atomic E-state index is -0.377. The molecule has 0 unspecified atom stereocenters. The number of nitrogens with one attached hydrogen (secondary N) is 1. The lowest BCUT2D eigenvalue weighted by Gasteiger charge is -2.11. The third-order valence-electron chi connectivity index (χ3n) is 5.06. The molecule has 1 heterocycles. The summed E-state index contributed by atoms with van der Waals surface area (Å²) in [6.45, 7) is 2.47. The van der Waals surface area contributed by atoms with E-state index in [1.165, 1.54) is 28.9 Å². The molecule has 0 atom stereocenters. The first-order chi connectivity index (χ1) is 18.6. The van der Waals surface area contributed by atoms with E-state index in [0.29, 0.717) is 40.5 Å². The Kier molecular flexibility index (Phi) is 9.30. The van der Waals surface area contributed by atoms with Gasteiger partial charge in [-0.3, -0.25) is 4.79 Å². The molecule has 3 aromatic carbocycles. The van der Waals surface area contributed by atoms with Gasteiger partial charge >= 0.3 is 0 Å². The normalized spacial score (nSPS) is 10.9. The van der Waals surface area contributed by atoms with Crippen LogP contribution in [0.15, 0.2) is 83.1 Å². The molecule has 0 fully saturated rings. The number of thioether (sulfide) groups is 1. The van der Waals surface area contributed by atoms with Crippen molar-refractivity contribution in [1.29, 1.82) is 0 Å². The molecule has 0 spiro atoms. The molecule has 0 aliphatic heterocycles. The van der Waals surface area contributed by atoms with Crippen molar-refractivity contribution in [2.75, 3.05) is 24.8 Å². The SMILES string of the molecule is CCOc1ccccc1OCc1nnc(SCC(=O)Nc2ccc(F)cc2)n1/N=C/c1cccc(OC)c1. The molecule has 4 aromatic rings. The molecule has 0 radical (unpaired) electrons. The molecular weight excluding hydrogens is 509 g/mol. The fraction of sp³-hybridized carbons (Fsp3) is 0.185. The van der Waals surface area contributed by atoms with Gasteiger partial charge in [-0.25, -0.2) is 4.39 Å². The monoisotopic (exact) mass is 535 g/mol. The molecule has 196 valence electrons. The Hall–Kier alpha value is -4.38. The summed E-state index contributed by atoms with van der Waals surface area (Å²) < 4.78 is 31.5. The quantitative estimate of drug-likeness (QED) is 0.201. The van der Waals surface area contributed by atoms with Crippen LogP contribution in [0.1, 0.15) is 18.3 Å². The van der Waals surface area contributed by atoms with Gasteiger partial charge < -0.3 is 19.5 Å². The molecule has 11 heteroatoms. The molecule has 0 aliphatic rings. The van der Waals surface area contributed by atoms with Gasteiger partial charge in [-0.05, 0) is 61.0 Å². The maximum atomic E-state index is 13.1. The maximum Gasteiger partial charge on any atom is 0.234 e. The molecule has 9 nitrogen and oxygen atoms in total. The van der Waals surface area contributed by atoms with E-state index < -0.39 is 0 Å². The standard InChI is InChI=1S/C27H26FN5O4S/c1-3-36-23-9-4-5-10-24(23)37-17-25-31-32-27(33(25)29-16-19-7-6-8-22(15-19)35-2)38-18-26(34)30-21-13-11-20(28)12-14-21/h4-16H,3,17-18H2,1-2H3,(H,30,34)/b29-16+. The first kappa shape index (κ1) is 26.7. The molecule has 0 aliphatic carbocycles. The average Bonchev–Trinajstić information content (AvgIpc) is 3.33.